The van der Waals surface area contributed by atoms with Crippen LogP contribution in [0.25, 0.3) is 0 Å². The molecular weight excluding hydrogens is 220 g/mol. The number of nitrogens with zero attached hydrogens (tertiary/aromatic N) is 1. The summed E-state index contributed by atoms with van der Waals surface area (Å²) in [5.41, 5.74) is 1.46. The Bertz CT molecular complexity index is 359. The van der Waals surface area contributed by atoms with E-state index >= 15 is 0 Å². The zero-order chi connectivity index (χ0) is 12.2. The molecule has 1 aromatic carbocycles. The van der Waals surface area contributed by atoms with Crippen LogP contribution in [0, 0.1) is 5.92 Å². The molecule has 0 aromatic heterocycles. The minimum atomic E-state index is 0.633. The molecule has 0 spiro atoms. The molecule has 2 heteroatoms. The largest absolute Gasteiger partial charge is 0.312 e. The Hall–Kier alpha value is -0.860. The van der Waals surface area contributed by atoms with Crippen LogP contribution in [0.5, 0.6) is 0 Å². The lowest BCUT2D eigenvalue weighted by atomic mass is 10.1. The van der Waals surface area contributed by atoms with Gasteiger partial charge in [-0.1, -0.05) is 30.3 Å². The molecule has 98 valence electrons. The summed E-state index contributed by atoms with van der Waals surface area (Å²) in [5, 5.41) is 3.71. The maximum absolute atomic E-state index is 3.71. The Morgan fingerprint density at radius 3 is 2.78 bits per heavy atom. The maximum Gasteiger partial charge on any atom is 0.0235 e. The fourth-order valence-corrected chi connectivity index (χ4v) is 2.94. The van der Waals surface area contributed by atoms with Crippen LogP contribution in [0.3, 0.4) is 0 Å². The number of hydrogen-bond acceptors (Lipinski definition) is 2. The van der Waals surface area contributed by atoms with Gasteiger partial charge in [0.15, 0.2) is 0 Å². The number of nitrogens with one attached hydrogen (secondary N) is 1. The summed E-state index contributed by atoms with van der Waals surface area (Å²) in [4.78, 5) is 2.69. The molecule has 2 aliphatic rings. The molecule has 0 amide bonds. The summed E-state index contributed by atoms with van der Waals surface area (Å²) in [6, 6.07) is 11.5. The number of rotatable bonds is 4. The maximum atomic E-state index is 3.71. The molecule has 0 radical (unpaired) electrons. The molecule has 1 atom stereocenters. The molecule has 1 saturated carbocycles. The van der Waals surface area contributed by atoms with Gasteiger partial charge < -0.3 is 10.2 Å². The highest BCUT2D eigenvalue weighted by Gasteiger charge is 2.26. The van der Waals surface area contributed by atoms with E-state index < -0.39 is 0 Å². The smallest absolute Gasteiger partial charge is 0.0235 e. The van der Waals surface area contributed by atoms with Gasteiger partial charge in [0.1, 0.15) is 0 Å². The normalized spacial score (nSPS) is 25.9. The first-order chi connectivity index (χ1) is 8.90. The predicted molar refractivity (Wildman–Crippen MR) is 75.7 cm³/mol. The van der Waals surface area contributed by atoms with Gasteiger partial charge in [0.05, 0.1) is 0 Å². The van der Waals surface area contributed by atoms with E-state index in [1.165, 1.54) is 57.4 Å². The van der Waals surface area contributed by atoms with Crippen LogP contribution in [0.15, 0.2) is 30.3 Å². The second kappa shape index (κ2) is 5.85. The lowest BCUT2D eigenvalue weighted by Crippen LogP contribution is -2.39. The van der Waals surface area contributed by atoms with Crippen LogP contribution < -0.4 is 5.32 Å². The molecule has 1 aromatic rings. The van der Waals surface area contributed by atoms with E-state index in [2.05, 4.69) is 40.5 Å². The van der Waals surface area contributed by atoms with Crippen molar-refractivity contribution in [2.45, 2.75) is 31.7 Å². The molecule has 1 unspecified atom stereocenters. The first kappa shape index (κ1) is 12.2. The van der Waals surface area contributed by atoms with Crippen molar-refractivity contribution in [3.63, 3.8) is 0 Å². The summed E-state index contributed by atoms with van der Waals surface area (Å²) in [6.07, 6.45) is 5.40. The van der Waals surface area contributed by atoms with Crippen molar-refractivity contribution in [3.8, 4) is 0 Å². The van der Waals surface area contributed by atoms with E-state index in [0.29, 0.717) is 6.04 Å². The van der Waals surface area contributed by atoms with Gasteiger partial charge in [0, 0.05) is 19.1 Å². The molecule has 2 nitrogen and oxygen atoms in total. The van der Waals surface area contributed by atoms with Crippen LogP contribution >= 0.6 is 0 Å². The second-order valence-corrected chi connectivity index (χ2v) is 5.90. The zero-order valence-electron chi connectivity index (χ0n) is 11.1. The Balaban J connectivity index is 1.56. The summed E-state index contributed by atoms with van der Waals surface area (Å²) in [7, 11) is 0. The molecule has 1 aliphatic carbocycles. The Kier molecular flexibility index (Phi) is 3.96. The average molecular weight is 244 g/mol. The Morgan fingerprint density at radius 1 is 1.17 bits per heavy atom. The third-order valence-corrected chi connectivity index (χ3v) is 4.10. The third-order valence-electron chi connectivity index (χ3n) is 4.10. The summed E-state index contributed by atoms with van der Waals surface area (Å²) >= 11 is 0. The topological polar surface area (TPSA) is 15.3 Å². The van der Waals surface area contributed by atoms with E-state index in [1.54, 1.807) is 0 Å². The van der Waals surface area contributed by atoms with Crippen LogP contribution in [0.1, 0.15) is 24.8 Å². The van der Waals surface area contributed by atoms with Gasteiger partial charge in [-0.05, 0) is 50.3 Å². The minimum absolute atomic E-state index is 0.633. The van der Waals surface area contributed by atoms with Crippen LogP contribution in [0.2, 0.25) is 0 Å². The van der Waals surface area contributed by atoms with E-state index in [0.717, 1.165) is 5.92 Å². The van der Waals surface area contributed by atoms with Gasteiger partial charge in [-0.2, -0.15) is 0 Å². The van der Waals surface area contributed by atoms with E-state index in [9.17, 15) is 0 Å². The van der Waals surface area contributed by atoms with Crippen molar-refractivity contribution in [3.05, 3.63) is 35.9 Å². The minimum Gasteiger partial charge on any atom is -0.312 e. The average Bonchev–Trinajstić information content (AvgIpc) is 3.20. The van der Waals surface area contributed by atoms with Gasteiger partial charge in [-0.3, -0.25) is 0 Å². The number of hydrogen-bond donors (Lipinski definition) is 1. The highest BCUT2D eigenvalue weighted by atomic mass is 15.2. The van der Waals surface area contributed by atoms with E-state index in [1.807, 2.05) is 0 Å². The SMILES string of the molecule is c1ccc(CC2CN(CC3CC3)CCCN2)cc1. The molecule has 3 rings (SSSR count). The van der Waals surface area contributed by atoms with Gasteiger partial charge in [0.25, 0.3) is 0 Å². The van der Waals surface area contributed by atoms with Crippen molar-refractivity contribution < 1.29 is 0 Å². The van der Waals surface area contributed by atoms with E-state index in [-0.39, 0.29) is 0 Å². The first-order valence-electron chi connectivity index (χ1n) is 7.40. The van der Waals surface area contributed by atoms with Gasteiger partial charge in [-0.15, -0.1) is 0 Å². The highest BCUT2D eigenvalue weighted by Crippen LogP contribution is 2.30. The highest BCUT2D eigenvalue weighted by molar-refractivity contribution is 5.16. The van der Waals surface area contributed by atoms with Gasteiger partial charge in [-0.25, -0.2) is 0 Å². The molecule has 1 aliphatic heterocycles. The van der Waals surface area contributed by atoms with Crippen molar-refractivity contribution in [2.24, 2.45) is 5.92 Å². The fourth-order valence-electron chi connectivity index (χ4n) is 2.94. The standard InChI is InChI=1S/C16H24N2/c1-2-5-14(6-3-1)11-16-13-18(10-4-9-17-16)12-15-7-8-15/h1-3,5-6,15-17H,4,7-13H2. The van der Waals surface area contributed by atoms with Crippen LogP contribution in [-0.2, 0) is 6.42 Å². The van der Waals surface area contributed by atoms with Gasteiger partial charge >= 0.3 is 0 Å². The third kappa shape index (κ3) is 3.56. The first-order valence-corrected chi connectivity index (χ1v) is 7.40. The van der Waals surface area contributed by atoms with Crippen molar-refractivity contribution in [1.82, 2.24) is 10.2 Å². The molecule has 1 heterocycles. The zero-order valence-corrected chi connectivity index (χ0v) is 11.1. The van der Waals surface area contributed by atoms with Crippen LogP contribution in [-0.4, -0.2) is 37.1 Å². The Morgan fingerprint density at radius 2 is 2.00 bits per heavy atom. The van der Waals surface area contributed by atoms with E-state index in [4.69, 9.17) is 0 Å². The quantitative estimate of drug-likeness (QED) is 0.874. The molecule has 0 bridgehead atoms. The lowest BCUT2D eigenvalue weighted by Gasteiger charge is -2.24. The van der Waals surface area contributed by atoms with Crippen molar-refractivity contribution in [2.75, 3.05) is 26.2 Å². The fraction of sp³-hybridized carbons (Fsp3) is 0.625. The summed E-state index contributed by atoms with van der Waals surface area (Å²) in [6.45, 7) is 5.03. The second-order valence-electron chi connectivity index (χ2n) is 5.90. The van der Waals surface area contributed by atoms with Crippen molar-refractivity contribution >= 4 is 0 Å². The molecule has 1 saturated heterocycles. The predicted octanol–water partition coefficient (Wildman–Crippen LogP) is 2.30. The van der Waals surface area contributed by atoms with Gasteiger partial charge in [0.2, 0.25) is 0 Å². The summed E-state index contributed by atoms with van der Waals surface area (Å²) < 4.78 is 0. The monoisotopic (exact) mass is 244 g/mol. The van der Waals surface area contributed by atoms with Crippen LogP contribution in [0.4, 0.5) is 0 Å². The molecule has 1 N–H and O–H groups in total. The van der Waals surface area contributed by atoms with Crippen molar-refractivity contribution in [1.29, 1.82) is 0 Å². The molecule has 2 fully saturated rings. The summed E-state index contributed by atoms with van der Waals surface area (Å²) in [5.74, 6) is 1.01. The lowest BCUT2D eigenvalue weighted by molar-refractivity contribution is 0.257. The Labute approximate surface area is 110 Å². The molecular formula is C16H24N2. The number of benzene rings is 1. The molecule has 18 heavy (non-hydrogen) atoms.